The fourth-order valence-electron chi connectivity index (χ4n) is 5.56. The van der Waals surface area contributed by atoms with E-state index in [9.17, 15) is 0 Å². The molecular weight excluding hydrogens is 439 g/mol. The van der Waals surface area contributed by atoms with Crippen LogP contribution in [0.5, 0.6) is 0 Å². The third-order valence-corrected chi connectivity index (χ3v) is 10.4. The van der Waals surface area contributed by atoms with E-state index in [2.05, 4.69) is 80.9 Å². The van der Waals surface area contributed by atoms with Gasteiger partial charge in [-0.3, -0.25) is 0 Å². The lowest BCUT2D eigenvalue weighted by molar-refractivity contribution is 0.475. The summed E-state index contributed by atoms with van der Waals surface area (Å²) in [5, 5.41) is 0.411. The first-order valence-corrected chi connectivity index (χ1v) is 17.2. The Morgan fingerprint density at radius 3 is 1.17 bits per heavy atom. The van der Waals surface area contributed by atoms with Gasteiger partial charge in [-0.05, 0) is 48.9 Å². The van der Waals surface area contributed by atoms with Gasteiger partial charge in [-0.1, -0.05) is 164 Å². The van der Waals surface area contributed by atoms with Gasteiger partial charge in [0.2, 0.25) is 0 Å². The van der Waals surface area contributed by atoms with E-state index in [1.54, 1.807) is 0 Å². The zero-order valence-corrected chi connectivity index (χ0v) is 24.3. The number of hydrogen-bond donors (Lipinski definition) is 0. The standard InChI is InChI=1S/C34H55P/c1-4-5-6-7-8-9-10-11-12-13-14-15-16-17-24-29-34(35(2)3,30-32-25-20-18-21-26-32)31-33-27-22-19-23-28-33/h18-23,25-28H,4-17,24,29-31H2,1-3H3. The fraction of sp³-hybridized carbons (Fsp3) is 0.647. The molecular formula is C34H55P. The van der Waals surface area contributed by atoms with Gasteiger partial charge in [0.25, 0.3) is 0 Å². The van der Waals surface area contributed by atoms with Crippen LogP contribution in [0.25, 0.3) is 0 Å². The molecule has 0 bridgehead atoms. The van der Waals surface area contributed by atoms with Crippen molar-refractivity contribution in [1.29, 1.82) is 0 Å². The lowest BCUT2D eigenvalue weighted by Crippen LogP contribution is -2.32. The minimum Gasteiger partial charge on any atom is -0.106 e. The van der Waals surface area contributed by atoms with Gasteiger partial charge in [-0.2, -0.15) is 0 Å². The normalized spacial score (nSPS) is 11.9. The number of rotatable bonds is 21. The van der Waals surface area contributed by atoms with Crippen LogP contribution in [0.2, 0.25) is 0 Å². The Labute approximate surface area is 220 Å². The van der Waals surface area contributed by atoms with Crippen molar-refractivity contribution in [1.82, 2.24) is 0 Å². The summed E-state index contributed by atoms with van der Waals surface area (Å²) >= 11 is 0. The van der Waals surface area contributed by atoms with Crippen LogP contribution in [0.1, 0.15) is 121 Å². The highest BCUT2D eigenvalue weighted by atomic mass is 31.1. The van der Waals surface area contributed by atoms with Crippen LogP contribution in [0, 0.1) is 0 Å². The maximum atomic E-state index is 2.52. The molecule has 0 aliphatic heterocycles. The average Bonchev–Trinajstić information content (AvgIpc) is 2.87. The summed E-state index contributed by atoms with van der Waals surface area (Å²) in [7, 11) is -0.0382. The molecule has 0 atom stereocenters. The summed E-state index contributed by atoms with van der Waals surface area (Å²) in [6, 6.07) is 22.5. The molecule has 2 aromatic carbocycles. The highest BCUT2D eigenvalue weighted by Crippen LogP contribution is 2.50. The molecule has 0 heterocycles. The molecule has 0 unspecified atom stereocenters. The van der Waals surface area contributed by atoms with E-state index in [0.29, 0.717) is 5.16 Å². The summed E-state index contributed by atoms with van der Waals surface area (Å²) in [5.41, 5.74) is 3.03. The monoisotopic (exact) mass is 494 g/mol. The predicted molar refractivity (Wildman–Crippen MR) is 161 cm³/mol. The van der Waals surface area contributed by atoms with Gasteiger partial charge in [0, 0.05) is 0 Å². The molecule has 0 aliphatic rings. The van der Waals surface area contributed by atoms with Gasteiger partial charge in [-0.15, -0.1) is 7.92 Å². The van der Waals surface area contributed by atoms with E-state index in [-0.39, 0.29) is 7.92 Å². The zero-order chi connectivity index (χ0) is 25.0. The second-order valence-corrected chi connectivity index (χ2v) is 13.9. The number of unbranched alkanes of at least 4 members (excludes halogenated alkanes) is 14. The Balaban J connectivity index is 1.67. The molecule has 0 nitrogen and oxygen atoms in total. The third-order valence-electron chi connectivity index (χ3n) is 7.95. The van der Waals surface area contributed by atoms with Crippen molar-refractivity contribution >= 4 is 7.92 Å². The van der Waals surface area contributed by atoms with Crippen molar-refractivity contribution in [2.75, 3.05) is 13.3 Å². The van der Waals surface area contributed by atoms with E-state index in [0.717, 1.165) is 0 Å². The summed E-state index contributed by atoms with van der Waals surface area (Å²) in [5.74, 6) is 0. The van der Waals surface area contributed by atoms with Crippen molar-refractivity contribution in [3.63, 3.8) is 0 Å². The van der Waals surface area contributed by atoms with Crippen molar-refractivity contribution in [2.24, 2.45) is 0 Å². The first kappa shape index (κ1) is 30.1. The molecule has 196 valence electrons. The second-order valence-electron chi connectivity index (χ2n) is 11.1. The second kappa shape index (κ2) is 19.0. The lowest BCUT2D eigenvalue weighted by Gasteiger charge is -2.39. The molecule has 0 aliphatic carbocycles. The smallest absolute Gasteiger partial charge is 0.00187 e. The molecule has 0 aromatic heterocycles. The Bertz CT molecular complexity index is 679. The summed E-state index contributed by atoms with van der Waals surface area (Å²) < 4.78 is 0. The van der Waals surface area contributed by atoms with Crippen molar-refractivity contribution in [2.45, 2.75) is 128 Å². The van der Waals surface area contributed by atoms with Crippen molar-refractivity contribution < 1.29 is 0 Å². The maximum Gasteiger partial charge on any atom is -0.00187 e. The molecule has 0 radical (unpaired) electrons. The Hall–Kier alpha value is -1.13. The largest absolute Gasteiger partial charge is 0.106 e. The zero-order valence-electron chi connectivity index (χ0n) is 23.4. The average molecular weight is 495 g/mol. The molecule has 0 saturated carbocycles. The summed E-state index contributed by atoms with van der Waals surface area (Å²) in [6.45, 7) is 7.34. The SMILES string of the molecule is CCCCCCCCCCCCCCCCCC(Cc1ccccc1)(Cc1ccccc1)P(C)C. The van der Waals surface area contributed by atoms with Crippen molar-refractivity contribution in [3.8, 4) is 0 Å². The van der Waals surface area contributed by atoms with E-state index in [4.69, 9.17) is 0 Å². The minimum atomic E-state index is -0.0382. The van der Waals surface area contributed by atoms with Crippen LogP contribution < -0.4 is 0 Å². The summed E-state index contributed by atoms with van der Waals surface area (Å²) in [6.07, 6.45) is 25.4. The van der Waals surface area contributed by atoms with Crippen LogP contribution in [0.3, 0.4) is 0 Å². The molecule has 0 saturated heterocycles. The molecule has 1 heteroatoms. The van der Waals surface area contributed by atoms with Gasteiger partial charge < -0.3 is 0 Å². The summed E-state index contributed by atoms with van der Waals surface area (Å²) in [4.78, 5) is 0. The Morgan fingerprint density at radius 1 is 0.486 bits per heavy atom. The van der Waals surface area contributed by atoms with Crippen LogP contribution in [0.15, 0.2) is 60.7 Å². The van der Waals surface area contributed by atoms with E-state index < -0.39 is 0 Å². The Kier molecular flexibility index (Phi) is 16.4. The molecule has 0 N–H and O–H groups in total. The molecule has 0 amide bonds. The van der Waals surface area contributed by atoms with Gasteiger partial charge in [-0.25, -0.2) is 0 Å². The van der Waals surface area contributed by atoms with Gasteiger partial charge in [0.1, 0.15) is 0 Å². The molecule has 35 heavy (non-hydrogen) atoms. The first-order valence-electron chi connectivity index (χ1n) is 14.9. The maximum absolute atomic E-state index is 2.52. The highest BCUT2D eigenvalue weighted by molar-refractivity contribution is 7.57. The fourth-order valence-corrected chi connectivity index (χ4v) is 7.16. The highest BCUT2D eigenvalue weighted by Gasteiger charge is 2.33. The van der Waals surface area contributed by atoms with Crippen LogP contribution in [-0.4, -0.2) is 18.5 Å². The van der Waals surface area contributed by atoms with Crippen LogP contribution in [-0.2, 0) is 12.8 Å². The van der Waals surface area contributed by atoms with Gasteiger partial charge in [0.15, 0.2) is 0 Å². The van der Waals surface area contributed by atoms with E-state index >= 15 is 0 Å². The molecule has 0 fully saturated rings. The van der Waals surface area contributed by atoms with Gasteiger partial charge in [0.05, 0.1) is 0 Å². The predicted octanol–water partition coefficient (Wildman–Crippen LogP) is 11.2. The molecule has 2 aromatic rings. The minimum absolute atomic E-state index is 0.0382. The Morgan fingerprint density at radius 2 is 0.829 bits per heavy atom. The lowest BCUT2D eigenvalue weighted by atomic mass is 9.87. The van der Waals surface area contributed by atoms with E-state index in [1.807, 2.05) is 0 Å². The van der Waals surface area contributed by atoms with Crippen molar-refractivity contribution in [3.05, 3.63) is 71.8 Å². The number of benzene rings is 2. The first-order chi connectivity index (χ1) is 17.2. The van der Waals surface area contributed by atoms with Crippen LogP contribution in [0.4, 0.5) is 0 Å². The number of hydrogen-bond acceptors (Lipinski definition) is 0. The molecule has 0 spiro atoms. The molecule has 2 rings (SSSR count). The third kappa shape index (κ3) is 13.1. The topological polar surface area (TPSA) is 0 Å². The van der Waals surface area contributed by atoms with Crippen LogP contribution >= 0.6 is 7.92 Å². The van der Waals surface area contributed by atoms with Gasteiger partial charge >= 0.3 is 0 Å². The quantitative estimate of drug-likeness (QED) is 0.120. The van der Waals surface area contributed by atoms with E-state index in [1.165, 1.54) is 127 Å².